The van der Waals surface area contributed by atoms with Gasteiger partial charge in [0.15, 0.2) is 0 Å². The van der Waals surface area contributed by atoms with Gasteiger partial charge in [0.2, 0.25) is 0 Å². The van der Waals surface area contributed by atoms with Crippen molar-refractivity contribution in [3.63, 3.8) is 0 Å². The molecule has 0 bridgehead atoms. The van der Waals surface area contributed by atoms with Gasteiger partial charge in [0.1, 0.15) is 0 Å². The Hall–Kier alpha value is -0.290. The van der Waals surface area contributed by atoms with E-state index in [1.165, 1.54) is 21.1 Å². The lowest BCUT2D eigenvalue weighted by Crippen LogP contribution is -2.20. The number of hydrogen-bond donors (Lipinski definition) is 2. The van der Waals surface area contributed by atoms with Crippen LogP contribution in [0.2, 0.25) is 0 Å². The summed E-state index contributed by atoms with van der Waals surface area (Å²) in [6.45, 7) is 0. The first kappa shape index (κ1) is 9.27. The van der Waals surface area contributed by atoms with Crippen LogP contribution in [0.25, 0.3) is 0 Å². The van der Waals surface area contributed by atoms with Crippen molar-refractivity contribution in [2.75, 3.05) is 5.73 Å². The highest BCUT2D eigenvalue weighted by Crippen LogP contribution is 2.34. The van der Waals surface area contributed by atoms with E-state index in [1.54, 1.807) is 0 Å². The fraction of sp³-hybridized carbons (Fsp3) is 0.400. The van der Waals surface area contributed by atoms with Gasteiger partial charge in [-0.1, -0.05) is 0 Å². The molecule has 0 fully saturated rings. The van der Waals surface area contributed by atoms with Crippen LogP contribution in [0.15, 0.2) is 12.1 Å². The first-order chi connectivity index (χ1) is 6.20. The van der Waals surface area contributed by atoms with Crippen LogP contribution in [0.4, 0.5) is 5.69 Å². The minimum absolute atomic E-state index is 0.151. The van der Waals surface area contributed by atoms with Gasteiger partial charge in [-0.3, -0.25) is 0 Å². The van der Waals surface area contributed by atoms with Crippen molar-refractivity contribution < 1.29 is 0 Å². The molecule has 1 aliphatic rings. The third-order valence-corrected chi connectivity index (χ3v) is 3.66. The second-order valence-electron chi connectivity index (χ2n) is 3.53. The topological polar surface area (TPSA) is 52.0 Å². The van der Waals surface area contributed by atoms with Crippen LogP contribution in [0, 0.1) is 3.57 Å². The second kappa shape index (κ2) is 3.46. The Balaban J connectivity index is 2.60. The number of nitrogen functional groups attached to an aromatic ring is 1. The summed E-state index contributed by atoms with van der Waals surface area (Å²) in [5, 5.41) is 0. The van der Waals surface area contributed by atoms with Gasteiger partial charge in [-0.05, 0) is 65.1 Å². The Kier molecular flexibility index (Phi) is 2.47. The molecule has 70 valence electrons. The fourth-order valence-corrected chi connectivity index (χ4v) is 2.73. The maximum atomic E-state index is 6.03. The number of benzene rings is 1. The second-order valence-corrected chi connectivity index (χ2v) is 4.69. The van der Waals surface area contributed by atoms with Crippen LogP contribution < -0.4 is 11.5 Å². The van der Waals surface area contributed by atoms with Crippen LogP contribution in [-0.2, 0) is 6.42 Å². The third-order valence-electron chi connectivity index (χ3n) is 2.65. The number of fused-ring (bicyclic) bond motifs is 1. The third kappa shape index (κ3) is 1.55. The Morgan fingerprint density at radius 3 is 2.85 bits per heavy atom. The number of halogens is 1. The van der Waals surface area contributed by atoms with Crippen molar-refractivity contribution in [3.8, 4) is 0 Å². The molecule has 0 amide bonds. The van der Waals surface area contributed by atoms with Crippen molar-refractivity contribution >= 4 is 28.3 Å². The molecule has 4 N–H and O–H groups in total. The molecule has 3 heteroatoms. The summed E-state index contributed by atoms with van der Waals surface area (Å²) < 4.78 is 1.30. The Morgan fingerprint density at radius 1 is 1.38 bits per heavy atom. The first-order valence-electron chi connectivity index (χ1n) is 4.52. The molecule has 0 aliphatic heterocycles. The van der Waals surface area contributed by atoms with Gasteiger partial charge >= 0.3 is 0 Å². The van der Waals surface area contributed by atoms with Crippen LogP contribution in [0.5, 0.6) is 0 Å². The standard InChI is InChI=1S/C10H13IN2/c11-7-4-5-9(13)10-6(7)2-1-3-8(10)12/h4-5,8H,1-3,12-13H2/t8-/m1/s1. The van der Waals surface area contributed by atoms with E-state index in [9.17, 15) is 0 Å². The molecule has 0 radical (unpaired) electrons. The van der Waals surface area contributed by atoms with Crippen LogP contribution in [-0.4, -0.2) is 0 Å². The van der Waals surface area contributed by atoms with E-state index in [1.807, 2.05) is 6.07 Å². The molecule has 1 aliphatic carbocycles. The van der Waals surface area contributed by atoms with Gasteiger partial charge in [-0.2, -0.15) is 0 Å². The van der Waals surface area contributed by atoms with Gasteiger partial charge < -0.3 is 11.5 Å². The maximum absolute atomic E-state index is 6.03. The molecule has 0 unspecified atom stereocenters. The largest absolute Gasteiger partial charge is 0.398 e. The molecule has 2 rings (SSSR count). The highest BCUT2D eigenvalue weighted by atomic mass is 127. The number of hydrogen-bond acceptors (Lipinski definition) is 2. The number of nitrogens with two attached hydrogens (primary N) is 2. The summed E-state index contributed by atoms with van der Waals surface area (Å²) >= 11 is 2.36. The summed E-state index contributed by atoms with van der Waals surface area (Å²) in [4.78, 5) is 0. The lowest BCUT2D eigenvalue weighted by molar-refractivity contribution is 0.570. The normalized spacial score (nSPS) is 21.2. The van der Waals surface area contributed by atoms with Crippen molar-refractivity contribution in [2.24, 2.45) is 5.73 Å². The van der Waals surface area contributed by atoms with E-state index in [0.29, 0.717) is 0 Å². The Bertz CT molecular complexity index is 336. The summed E-state index contributed by atoms with van der Waals surface area (Å²) in [5.74, 6) is 0. The Morgan fingerprint density at radius 2 is 2.15 bits per heavy atom. The lowest BCUT2D eigenvalue weighted by Gasteiger charge is -2.24. The summed E-state index contributed by atoms with van der Waals surface area (Å²) in [7, 11) is 0. The zero-order valence-electron chi connectivity index (χ0n) is 7.39. The van der Waals surface area contributed by atoms with Gasteiger partial charge in [0.25, 0.3) is 0 Å². The molecule has 1 atom stereocenters. The first-order valence-corrected chi connectivity index (χ1v) is 5.60. The zero-order chi connectivity index (χ0) is 9.42. The van der Waals surface area contributed by atoms with E-state index in [0.717, 1.165) is 18.5 Å². The van der Waals surface area contributed by atoms with E-state index < -0.39 is 0 Å². The molecule has 0 saturated carbocycles. The minimum Gasteiger partial charge on any atom is -0.398 e. The van der Waals surface area contributed by atoms with Crippen LogP contribution >= 0.6 is 22.6 Å². The molecule has 0 saturated heterocycles. The molecule has 0 aromatic heterocycles. The maximum Gasteiger partial charge on any atom is 0.0365 e. The van der Waals surface area contributed by atoms with Crippen molar-refractivity contribution in [1.82, 2.24) is 0 Å². The zero-order valence-corrected chi connectivity index (χ0v) is 9.54. The fourth-order valence-electron chi connectivity index (χ4n) is 1.99. The van der Waals surface area contributed by atoms with Crippen LogP contribution in [0.3, 0.4) is 0 Å². The van der Waals surface area contributed by atoms with E-state index >= 15 is 0 Å². The lowest BCUT2D eigenvalue weighted by atomic mass is 9.87. The monoisotopic (exact) mass is 288 g/mol. The van der Waals surface area contributed by atoms with Gasteiger partial charge in [0.05, 0.1) is 0 Å². The Labute approximate surface area is 91.8 Å². The number of anilines is 1. The van der Waals surface area contributed by atoms with Crippen molar-refractivity contribution in [2.45, 2.75) is 25.3 Å². The molecular formula is C10H13IN2. The molecule has 1 aromatic carbocycles. The highest BCUT2D eigenvalue weighted by Gasteiger charge is 2.20. The average Bonchev–Trinajstić information content (AvgIpc) is 2.12. The molecule has 1 aromatic rings. The summed E-state index contributed by atoms with van der Waals surface area (Å²) in [6, 6.07) is 4.19. The molecule has 0 spiro atoms. The average molecular weight is 288 g/mol. The van der Waals surface area contributed by atoms with Gasteiger partial charge in [0, 0.05) is 15.3 Å². The van der Waals surface area contributed by atoms with E-state index in [4.69, 9.17) is 11.5 Å². The molecular weight excluding hydrogens is 275 g/mol. The summed E-state index contributed by atoms with van der Waals surface area (Å²) in [5.41, 5.74) is 15.4. The molecule has 13 heavy (non-hydrogen) atoms. The van der Waals surface area contributed by atoms with Crippen molar-refractivity contribution in [1.29, 1.82) is 0 Å². The predicted octanol–water partition coefficient (Wildman–Crippen LogP) is 2.21. The van der Waals surface area contributed by atoms with Crippen LogP contribution in [0.1, 0.15) is 30.0 Å². The van der Waals surface area contributed by atoms with E-state index in [2.05, 4.69) is 28.7 Å². The van der Waals surface area contributed by atoms with Gasteiger partial charge in [-0.25, -0.2) is 0 Å². The van der Waals surface area contributed by atoms with E-state index in [-0.39, 0.29) is 6.04 Å². The quantitative estimate of drug-likeness (QED) is 0.568. The minimum atomic E-state index is 0.151. The highest BCUT2D eigenvalue weighted by molar-refractivity contribution is 14.1. The predicted molar refractivity (Wildman–Crippen MR) is 63.4 cm³/mol. The van der Waals surface area contributed by atoms with Crippen molar-refractivity contribution in [3.05, 3.63) is 26.8 Å². The number of rotatable bonds is 0. The van der Waals surface area contributed by atoms with Gasteiger partial charge in [-0.15, -0.1) is 0 Å². The smallest absolute Gasteiger partial charge is 0.0365 e. The summed E-state index contributed by atoms with van der Waals surface area (Å²) in [6.07, 6.45) is 3.39. The molecule has 0 heterocycles. The molecule has 2 nitrogen and oxygen atoms in total. The SMILES string of the molecule is Nc1ccc(I)c2c1[C@H](N)CCC2.